The summed E-state index contributed by atoms with van der Waals surface area (Å²) in [5.74, 6) is -0.978. The number of nitrogens with zero attached hydrogens (tertiary/aromatic N) is 5. The van der Waals surface area contributed by atoms with E-state index < -0.39 is 17.8 Å². The Hall–Kier alpha value is -3.61. The normalized spacial score (nSPS) is 24.9. The smallest absolute Gasteiger partial charge is 0.319 e. The van der Waals surface area contributed by atoms with E-state index in [4.69, 9.17) is 41.3 Å². The molecule has 2 aromatic heterocycles. The Morgan fingerprint density at radius 1 is 1.20 bits per heavy atom. The van der Waals surface area contributed by atoms with Gasteiger partial charge in [0.1, 0.15) is 34.4 Å². The second-order valence-corrected chi connectivity index (χ2v) is 14.6. The molecule has 4 atom stereocenters. The van der Waals surface area contributed by atoms with E-state index in [1.807, 2.05) is 11.0 Å². The Balaban J connectivity index is 1.32. The third-order valence-corrected chi connectivity index (χ3v) is 11.9. The molecular formula is C34H34ClF3N6O4S. The quantitative estimate of drug-likeness (QED) is 0.229. The number of nitriles is 1. The summed E-state index contributed by atoms with van der Waals surface area (Å²) in [5, 5.41) is 10.4. The fourth-order valence-corrected chi connectivity index (χ4v) is 9.51. The molecule has 3 saturated heterocycles. The van der Waals surface area contributed by atoms with Crippen LogP contribution in [0.5, 0.6) is 11.8 Å². The lowest BCUT2D eigenvalue weighted by Crippen LogP contribution is -2.45. The number of thiophene rings is 1. The van der Waals surface area contributed by atoms with Gasteiger partial charge in [-0.1, -0.05) is 17.7 Å². The van der Waals surface area contributed by atoms with Gasteiger partial charge in [-0.3, -0.25) is 4.90 Å². The van der Waals surface area contributed by atoms with Gasteiger partial charge < -0.3 is 29.6 Å². The number of aromatic nitrogens is 2. The molecule has 0 aliphatic carbocycles. The van der Waals surface area contributed by atoms with E-state index >= 15 is 8.78 Å². The van der Waals surface area contributed by atoms with Crippen molar-refractivity contribution in [1.82, 2.24) is 14.9 Å². The minimum absolute atomic E-state index is 0.0282. The van der Waals surface area contributed by atoms with Crippen LogP contribution in [0.15, 0.2) is 12.1 Å². The summed E-state index contributed by atoms with van der Waals surface area (Å²) in [6.07, 6.45) is 2.03. The highest BCUT2D eigenvalue weighted by molar-refractivity contribution is 7.23. The van der Waals surface area contributed by atoms with Crippen molar-refractivity contribution < 1.29 is 32.1 Å². The number of fused-ring (bicyclic) bond motifs is 3. The molecule has 8 rings (SSSR count). The average molecular weight is 715 g/mol. The van der Waals surface area contributed by atoms with Crippen molar-refractivity contribution >= 4 is 54.7 Å². The van der Waals surface area contributed by atoms with Crippen LogP contribution in [0.4, 0.5) is 24.0 Å². The van der Waals surface area contributed by atoms with E-state index in [9.17, 15) is 9.65 Å². The van der Waals surface area contributed by atoms with Gasteiger partial charge in [0.15, 0.2) is 11.6 Å². The lowest BCUT2D eigenvalue weighted by atomic mass is 9.90. The first kappa shape index (κ1) is 32.6. The van der Waals surface area contributed by atoms with Gasteiger partial charge in [0.25, 0.3) is 0 Å². The lowest BCUT2D eigenvalue weighted by molar-refractivity contribution is 0.146. The van der Waals surface area contributed by atoms with E-state index in [-0.39, 0.29) is 90.2 Å². The van der Waals surface area contributed by atoms with Gasteiger partial charge in [-0.25, -0.2) is 13.2 Å². The summed E-state index contributed by atoms with van der Waals surface area (Å²) in [7, 11) is 1.60. The number of hydrogen-bond acceptors (Lipinski definition) is 11. The largest absolute Gasteiger partial charge is 0.491 e. The average Bonchev–Trinajstić information content (AvgIpc) is 3.84. The third kappa shape index (κ3) is 5.24. The highest BCUT2D eigenvalue weighted by Gasteiger charge is 2.48. The van der Waals surface area contributed by atoms with E-state index in [0.29, 0.717) is 51.6 Å². The molecule has 0 bridgehead atoms. The number of ether oxygens (including phenoxy) is 4. The van der Waals surface area contributed by atoms with Crippen LogP contribution in [0.3, 0.4) is 0 Å². The predicted molar refractivity (Wildman–Crippen MR) is 180 cm³/mol. The molecule has 4 aliphatic rings. The number of alkyl halides is 1. The van der Waals surface area contributed by atoms with Crippen molar-refractivity contribution in [2.24, 2.45) is 5.92 Å². The van der Waals surface area contributed by atoms with Crippen molar-refractivity contribution in [1.29, 1.82) is 5.26 Å². The summed E-state index contributed by atoms with van der Waals surface area (Å²) in [4.78, 5) is 13.7. The first-order valence-electron chi connectivity index (χ1n) is 16.4. The number of nitrogens with two attached hydrogens (primary N) is 1. The zero-order valence-corrected chi connectivity index (χ0v) is 28.3. The molecule has 4 aliphatic heterocycles. The number of hydrogen-bond donors (Lipinski definition) is 1. The van der Waals surface area contributed by atoms with Crippen LogP contribution in [-0.2, 0) is 9.47 Å². The molecule has 2 aromatic carbocycles. The Morgan fingerprint density at radius 3 is 2.88 bits per heavy atom. The van der Waals surface area contributed by atoms with Gasteiger partial charge in [-0.15, -0.1) is 11.3 Å². The molecule has 6 heterocycles. The fourth-order valence-electron chi connectivity index (χ4n) is 8.23. The van der Waals surface area contributed by atoms with Crippen molar-refractivity contribution in [2.45, 2.75) is 43.4 Å². The fraction of sp³-hybridized carbons (Fsp3) is 0.500. The number of halogens is 4. The van der Waals surface area contributed by atoms with Crippen LogP contribution in [0.1, 0.15) is 31.2 Å². The molecule has 15 heteroatoms. The lowest BCUT2D eigenvalue weighted by Gasteiger charge is -2.36. The molecule has 0 radical (unpaired) electrons. The molecule has 0 spiro atoms. The Bertz CT molecular complexity index is 2010. The molecule has 3 fully saturated rings. The second-order valence-electron chi connectivity index (χ2n) is 13.2. The second kappa shape index (κ2) is 12.6. The first-order valence-corrected chi connectivity index (χ1v) is 17.6. The minimum atomic E-state index is -0.876. The molecular weight excluding hydrogens is 681 g/mol. The van der Waals surface area contributed by atoms with Crippen LogP contribution in [0.2, 0.25) is 5.02 Å². The highest BCUT2D eigenvalue weighted by atomic mass is 35.5. The van der Waals surface area contributed by atoms with Crippen LogP contribution in [0, 0.1) is 28.9 Å². The third-order valence-electron chi connectivity index (χ3n) is 10.5. The number of methoxy groups -OCH3 is 1. The first-order chi connectivity index (χ1) is 23.7. The number of nitrogen functional groups attached to an aromatic ring is 1. The number of anilines is 2. The number of benzene rings is 2. The van der Waals surface area contributed by atoms with Gasteiger partial charge in [-0.2, -0.15) is 15.2 Å². The van der Waals surface area contributed by atoms with Crippen molar-refractivity contribution in [3.63, 3.8) is 0 Å². The molecule has 258 valence electrons. The molecule has 0 amide bonds. The van der Waals surface area contributed by atoms with Crippen LogP contribution < -0.4 is 20.1 Å². The summed E-state index contributed by atoms with van der Waals surface area (Å²) >= 11 is 8.00. The van der Waals surface area contributed by atoms with E-state index in [1.165, 1.54) is 12.1 Å². The van der Waals surface area contributed by atoms with E-state index in [1.54, 1.807) is 7.11 Å². The van der Waals surface area contributed by atoms with E-state index in [0.717, 1.165) is 30.7 Å². The maximum Gasteiger partial charge on any atom is 0.319 e. The number of rotatable bonds is 8. The summed E-state index contributed by atoms with van der Waals surface area (Å²) in [5.41, 5.74) is 5.82. The Kier molecular flexibility index (Phi) is 8.39. The van der Waals surface area contributed by atoms with Crippen LogP contribution >= 0.6 is 22.9 Å². The maximum absolute atomic E-state index is 17.2. The van der Waals surface area contributed by atoms with Crippen LogP contribution in [-0.4, -0.2) is 92.4 Å². The maximum atomic E-state index is 17.2. The monoisotopic (exact) mass is 714 g/mol. The zero-order chi connectivity index (χ0) is 34.0. The molecule has 2 N–H and O–H groups in total. The van der Waals surface area contributed by atoms with Gasteiger partial charge in [0.05, 0.1) is 59.7 Å². The molecule has 2 unspecified atom stereocenters. The zero-order valence-electron chi connectivity index (χ0n) is 26.7. The summed E-state index contributed by atoms with van der Waals surface area (Å²) in [6.45, 7) is 3.28. The van der Waals surface area contributed by atoms with E-state index in [2.05, 4.69) is 9.88 Å². The Labute approximate surface area is 289 Å². The standard InChI is InChI=1S/C34H34ClF3N6O4S/c1-45-10-8-44-22-16-46-14-17(22)15-48-29-25-28(41-33(42-32(25)44)47-9-6-34-5-2-7-43(34)13-18(36)11-34)27(38)24(26(29)35)19-3-4-21(37)30-23(19)20(12-39)31(40)49-30/h3-4,17-18,22H,2,5-11,13-16,40H2,1H3/t17?,18-,22?,34-/m1/s1. The predicted octanol–water partition coefficient (Wildman–Crippen LogP) is 6.10. The van der Waals surface area contributed by atoms with Crippen molar-refractivity contribution in [3.05, 3.63) is 34.4 Å². The van der Waals surface area contributed by atoms with Crippen LogP contribution in [0.25, 0.3) is 32.1 Å². The molecule has 0 saturated carbocycles. The van der Waals surface area contributed by atoms with Gasteiger partial charge >= 0.3 is 6.01 Å². The SMILES string of the molecule is COCCN1c2nc(OCC[C@@]34CCCN3C[C@H](F)C4)nc3c(F)c(-c4ccc(F)c5sc(N)c(C#N)c45)c(Cl)c(c23)OCC2COCC21. The molecule has 4 aromatic rings. The summed E-state index contributed by atoms with van der Waals surface area (Å²) in [6, 6.07) is 4.40. The van der Waals surface area contributed by atoms with Gasteiger partial charge in [0, 0.05) is 49.0 Å². The van der Waals surface area contributed by atoms with Crippen molar-refractivity contribution in [2.75, 3.05) is 70.4 Å². The topological polar surface area (TPSA) is 119 Å². The van der Waals surface area contributed by atoms with Gasteiger partial charge in [0.2, 0.25) is 0 Å². The van der Waals surface area contributed by atoms with Gasteiger partial charge in [-0.05, 0) is 37.4 Å². The minimum Gasteiger partial charge on any atom is -0.491 e. The highest BCUT2D eigenvalue weighted by Crippen LogP contribution is 2.51. The Morgan fingerprint density at radius 2 is 2.06 bits per heavy atom. The molecule has 49 heavy (non-hydrogen) atoms. The summed E-state index contributed by atoms with van der Waals surface area (Å²) < 4.78 is 70.8. The van der Waals surface area contributed by atoms with Crippen molar-refractivity contribution in [3.8, 4) is 29.0 Å². The molecule has 10 nitrogen and oxygen atoms in total.